The zero-order chi connectivity index (χ0) is 14.7. The summed E-state index contributed by atoms with van der Waals surface area (Å²) in [7, 11) is 0. The van der Waals surface area contributed by atoms with Crippen LogP contribution < -0.4 is 11.3 Å². The van der Waals surface area contributed by atoms with Crippen molar-refractivity contribution in [1.82, 2.24) is 5.43 Å². The van der Waals surface area contributed by atoms with Crippen molar-refractivity contribution in [1.29, 1.82) is 0 Å². The summed E-state index contributed by atoms with van der Waals surface area (Å²) in [5.74, 6) is 5.81. The molecule has 21 heavy (non-hydrogen) atoms. The number of nitrogens with two attached hydrogens (primary N) is 1. The van der Waals surface area contributed by atoms with Gasteiger partial charge in [-0.3, -0.25) is 11.3 Å². The van der Waals surface area contributed by atoms with Crippen molar-refractivity contribution in [2.24, 2.45) is 5.84 Å². The first kappa shape index (κ1) is 15.0. The largest absolute Gasteiger partial charge is 0.271 e. The average molecular weight is 321 g/mol. The van der Waals surface area contributed by atoms with E-state index < -0.39 is 0 Å². The van der Waals surface area contributed by atoms with E-state index in [2.05, 4.69) is 17.6 Å². The zero-order valence-corrected chi connectivity index (χ0v) is 13.6. The van der Waals surface area contributed by atoms with E-state index in [1.165, 1.54) is 42.5 Å². The quantitative estimate of drug-likeness (QED) is 0.497. The predicted molar refractivity (Wildman–Crippen MR) is 90.8 cm³/mol. The zero-order valence-electron chi connectivity index (χ0n) is 12.1. The second kappa shape index (κ2) is 6.93. The van der Waals surface area contributed by atoms with Gasteiger partial charge in [0.25, 0.3) is 0 Å². The van der Waals surface area contributed by atoms with Crippen LogP contribution in [0.5, 0.6) is 0 Å². The lowest BCUT2D eigenvalue weighted by Gasteiger charge is -2.15. The highest BCUT2D eigenvalue weighted by molar-refractivity contribution is 7.12. The Morgan fingerprint density at radius 2 is 2.00 bits per heavy atom. The van der Waals surface area contributed by atoms with Crippen LogP contribution in [0.25, 0.3) is 0 Å². The van der Waals surface area contributed by atoms with E-state index in [0.717, 1.165) is 17.0 Å². The Morgan fingerprint density at radius 3 is 2.81 bits per heavy atom. The van der Waals surface area contributed by atoms with Crippen molar-refractivity contribution >= 4 is 22.9 Å². The van der Waals surface area contributed by atoms with Gasteiger partial charge < -0.3 is 0 Å². The predicted octanol–water partition coefficient (Wildman–Crippen LogP) is 4.42. The summed E-state index contributed by atoms with van der Waals surface area (Å²) in [6.07, 6.45) is 7.26. The third kappa shape index (κ3) is 3.49. The highest BCUT2D eigenvalue weighted by Crippen LogP contribution is 2.34. The molecule has 0 aliphatic heterocycles. The van der Waals surface area contributed by atoms with Gasteiger partial charge in [0.15, 0.2) is 0 Å². The van der Waals surface area contributed by atoms with Crippen LogP contribution in [0, 0.1) is 0 Å². The number of hydrazine groups is 1. The number of hydrogen-bond donors (Lipinski definition) is 2. The molecule has 1 heterocycles. The number of aryl methyl sites for hydroxylation is 2. The smallest absolute Gasteiger partial charge is 0.0594 e. The molecule has 0 spiro atoms. The van der Waals surface area contributed by atoms with E-state index >= 15 is 0 Å². The van der Waals surface area contributed by atoms with Crippen molar-refractivity contribution in [2.75, 3.05) is 0 Å². The van der Waals surface area contributed by atoms with Gasteiger partial charge in [-0.15, -0.1) is 11.3 Å². The summed E-state index contributed by atoms with van der Waals surface area (Å²) in [6.45, 7) is 0. The van der Waals surface area contributed by atoms with Gasteiger partial charge in [-0.05, 0) is 55.4 Å². The third-order valence-electron chi connectivity index (χ3n) is 4.19. The Labute approximate surface area is 135 Å². The van der Waals surface area contributed by atoms with Crippen LogP contribution in [0.1, 0.15) is 46.2 Å². The minimum atomic E-state index is 0.141. The van der Waals surface area contributed by atoms with Crippen LogP contribution in [0.4, 0.5) is 0 Å². The SMILES string of the molecule is NNC(Cc1ccccc1Cl)c1cc2c(s1)CCCCC2. The fourth-order valence-corrected chi connectivity index (χ4v) is 4.52. The molecule has 0 fully saturated rings. The number of benzene rings is 1. The summed E-state index contributed by atoms with van der Waals surface area (Å²) in [6, 6.07) is 10.5. The molecule has 4 heteroatoms. The first-order valence-electron chi connectivity index (χ1n) is 7.59. The molecule has 1 aromatic heterocycles. The van der Waals surface area contributed by atoms with Crippen LogP contribution in [-0.4, -0.2) is 0 Å². The van der Waals surface area contributed by atoms with E-state index in [4.69, 9.17) is 17.4 Å². The molecule has 0 saturated carbocycles. The van der Waals surface area contributed by atoms with Crippen LogP contribution in [-0.2, 0) is 19.3 Å². The molecule has 3 N–H and O–H groups in total. The van der Waals surface area contributed by atoms with Crippen molar-refractivity contribution in [3.63, 3.8) is 0 Å². The number of fused-ring (bicyclic) bond motifs is 1. The molecule has 1 unspecified atom stereocenters. The van der Waals surface area contributed by atoms with Gasteiger partial charge in [-0.1, -0.05) is 36.2 Å². The topological polar surface area (TPSA) is 38.0 Å². The highest BCUT2D eigenvalue weighted by Gasteiger charge is 2.18. The molecule has 0 saturated heterocycles. The lowest BCUT2D eigenvalue weighted by Crippen LogP contribution is -2.29. The van der Waals surface area contributed by atoms with Gasteiger partial charge in [-0.25, -0.2) is 0 Å². The van der Waals surface area contributed by atoms with E-state index in [9.17, 15) is 0 Å². The van der Waals surface area contributed by atoms with E-state index in [1.54, 1.807) is 4.88 Å². The summed E-state index contributed by atoms with van der Waals surface area (Å²) >= 11 is 8.19. The van der Waals surface area contributed by atoms with E-state index in [-0.39, 0.29) is 6.04 Å². The number of rotatable bonds is 4. The minimum Gasteiger partial charge on any atom is -0.271 e. The van der Waals surface area contributed by atoms with Gasteiger partial charge in [0.1, 0.15) is 0 Å². The Balaban J connectivity index is 1.82. The average Bonchev–Trinajstić information content (AvgIpc) is 2.77. The molecule has 2 nitrogen and oxygen atoms in total. The molecule has 3 rings (SSSR count). The molecule has 0 radical (unpaired) electrons. The maximum absolute atomic E-state index is 6.27. The maximum Gasteiger partial charge on any atom is 0.0594 e. The van der Waals surface area contributed by atoms with E-state index in [1.807, 2.05) is 29.5 Å². The summed E-state index contributed by atoms with van der Waals surface area (Å²) in [4.78, 5) is 2.89. The maximum atomic E-state index is 6.27. The van der Waals surface area contributed by atoms with E-state index in [0.29, 0.717) is 0 Å². The molecule has 0 bridgehead atoms. The number of nitrogens with one attached hydrogen (secondary N) is 1. The first-order valence-corrected chi connectivity index (χ1v) is 8.78. The van der Waals surface area contributed by atoms with Crippen molar-refractivity contribution in [3.8, 4) is 0 Å². The Bertz CT molecular complexity index is 585. The Morgan fingerprint density at radius 1 is 1.19 bits per heavy atom. The van der Waals surface area contributed by atoms with Crippen LogP contribution in [0.3, 0.4) is 0 Å². The fraction of sp³-hybridized carbons (Fsp3) is 0.412. The van der Waals surface area contributed by atoms with Crippen LogP contribution >= 0.6 is 22.9 Å². The molecule has 1 aromatic carbocycles. The lowest BCUT2D eigenvalue weighted by atomic mass is 10.0. The van der Waals surface area contributed by atoms with Gasteiger partial charge in [-0.2, -0.15) is 0 Å². The number of halogens is 1. The van der Waals surface area contributed by atoms with Crippen molar-refractivity contribution in [3.05, 3.63) is 56.2 Å². The Kier molecular flexibility index (Phi) is 4.96. The minimum absolute atomic E-state index is 0.141. The second-order valence-electron chi connectivity index (χ2n) is 5.67. The van der Waals surface area contributed by atoms with Gasteiger partial charge in [0, 0.05) is 14.8 Å². The van der Waals surface area contributed by atoms with Crippen LogP contribution in [0.2, 0.25) is 5.02 Å². The van der Waals surface area contributed by atoms with Gasteiger partial charge in [0.2, 0.25) is 0 Å². The third-order valence-corrected chi connectivity index (χ3v) is 5.91. The number of thiophene rings is 1. The second-order valence-corrected chi connectivity index (χ2v) is 7.25. The standard InChI is InChI=1S/C17H21ClN2S/c18-14-8-5-4-6-12(14)10-15(20-19)17-11-13-7-2-1-3-9-16(13)21-17/h4-6,8,11,15,20H,1-3,7,9-10,19H2. The fourth-order valence-electron chi connectivity index (χ4n) is 2.99. The highest BCUT2D eigenvalue weighted by atomic mass is 35.5. The lowest BCUT2D eigenvalue weighted by molar-refractivity contribution is 0.560. The first-order chi connectivity index (χ1) is 10.3. The molecule has 2 aromatic rings. The molecule has 0 amide bonds. The number of hydrogen-bond acceptors (Lipinski definition) is 3. The molecule has 112 valence electrons. The molecule has 1 atom stereocenters. The molecule has 1 aliphatic carbocycles. The molecular weight excluding hydrogens is 300 g/mol. The monoisotopic (exact) mass is 320 g/mol. The summed E-state index contributed by atoms with van der Waals surface area (Å²) in [5, 5.41) is 0.816. The van der Waals surface area contributed by atoms with Gasteiger partial charge in [0.05, 0.1) is 6.04 Å². The van der Waals surface area contributed by atoms with Crippen LogP contribution in [0.15, 0.2) is 30.3 Å². The normalized spacial score (nSPS) is 16.3. The summed E-state index contributed by atoms with van der Waals surface area (Å²) < 4.78 is 0. The molecular formula is C17H21ClN2S. The summed E-state index contributed by atoms with van der Waals surface area (Å²) in [5.41, 5.74) is 5.65. The molecule has 1 aliphatic rings. The van der Waals surface area contributed by atoms with Crippen molar-refractivity contribution < 1.29 is 0 Å². The van der Waals surface area contributed by atoms with Crippen molar-refractivity contribution in [2.45, 2.75) is 44.6 Å². The van der Waals surface area contributed by atoms with Gasteiger partial charge >= 0.3 is 0 Å². The Hall–Kier alpha value is -0.870.